The first-order chi connectivity index (χ1) is 14.8. The first-order valence-corrected chi connectivity index (χ1v) is 9.48. The third-order valence-corrected chi connectivity index (χ3v) is 4.83. The number of fused-ring (bicyclic) bond motifs is 3. The minimum atomic E-state index is -4.53. The smallest absolute Gasteiger partial charge is 0.416 e. The Bertz CT molecular complexity index is 1310. The molecule has 0 saturated heterocycles. The molecule has 1 amide bonds. The van der Waals surface area contributed by atoms with Gasteiger partial charge >= 0.3 is 12.1 Å². The molecule has 0 bridgehead atoms. The van der Waals surface area contributed by atoms with Gasteiger partial charge in [-0.25, -0.2) is 4.79 Å². The van der Waals surface area contributed by atoms with Crippen LogP contribution < -0.4 is 5.32 Å². The summed E-state index contributed by atoms with van der Waals surface area (Å²) in [5, 5.41) is 4.09. The van der Waals surface area contributed by atoms with Crippen molar-refractivity contribution in [1.82, 2.24) is 4.40 Å². The van der Waals surface area contributed by atoms with Crippen molar-refractivity contribution in [3.63, 3.8) is 0 Å². The lowest BCUT2D eigenvalue weighted by Crippen LogP contribution is -2.15. The van der Waals surface area contributed by atoms with Crippen molar-refractivity contribution >= 4 is 33.9 Å². The number of nitrogens with zero attached hydrogens (tertiary/aromatic N) is 1. The molecule has 0 unspecified atom stereocenters. The van der Waals surface area contributed by atoms with E-state index in [4.69, 9.17) is 4.74 Å². The second-order valence-electron chi connectivity index (χ2n) is 6.82. The maximum absolute atomic E-state index is 13.0. The number of amides is 1. The standard InChI is InChI=1S/C23H17F3N2O3/c1-2-31-22(30)18-13-19(28-11-10-14-6-3-4-9-17(14)20(18)28)21(29)27-16-8-5-7-15(12-16)23(24,25)26/h3-13H,2H2,1H3,(H,27,29). The molecule has 158 valence electrons. The van der Waals surface area contributed by atoms with Crippen LogP contribution in [0.1, 0.15) is 33.3 Å². The molecular weight excluding hydrogens is 409 g/mol. The third kappa shape index (κ3) is 3.84. The number of esters is 1. The fourth-order valence-electron chi connectivity index (χ4n) is 3.48. The van der Waals surface area contributed by atoms with Gasteiger partial charge in [0.05, 0.1) is 23.3 Å². The minimum absolute atomic E-state index is 0.00625. The number of hydrogen-bond donors (Lipinski definition) is 1. The second kappa shape index (κ2) is 7.79. The zero-order valence-corrected chi connectivity index (χ0v) is 16.4. The van der Waals surface area contributed by atoms with E-state index < -0.39 is 23.6 Å². The molecular formula is C23H17F3N2O3. The van der Waals surface area contributed by atoms with Crippen LogP contribution in [0.4, 0.5) is 18.9 Å². The molecule has 0 atom stereocenters. The van der Waals surface area contributed by atoms with Crippen LogP contribution in [0.3, 0.4) is 0 Å². The Balaban J connectivity index is 1.81. The van der Waals surface area contributed by atoms with Crippen molar-refractivity contribution in [3.05, 3.63) is 83.7 Å². The zero-order chi connectivity index (χ0) is 22.2. The number of rotatable bonds is 4. The third-order valence-electron chi connectivity index (χ3n) is 4.83. The van der Waals surface area contributed by atoms with Crippen molar-refractivity contribution in [2.45, 2.75) is 13.1 Å². The zero-order valence-electron chi connectivity index (χ0n) is 16.4. The number of hydrogen-bond acceptors (Lipinski definition) is 3. The van der Waals surface area contributed by atoms with Gasteiger partial charge in [0.2, 0.25) is 0 Å². The summed E-state index contributed by atoms with van der Waals surface area (Å²) in [6.45, 7) is 1.84. The van der Waals surface area contributed by atoms with Gasteiger partial charge in [0.1, 0.15) is 5.69 Å². The molecule has 31 heavy (non-hydrogen) atoms. The van der Waals surface area contributed by atoms with Crippen LogP contribution in [0.15, 0.2) is 66.9 Å². The van der Waals surface area contributed by atoms with E-state index in [1.54, 1.807) is 19.2 Å². The van der Waals surface area contributed by atoms with Gasteiger partial charge in [-0.2, -0.15) is 13.2 Å². The maximum atomic E-state index is 13.0. The first-order valence-electron chi connectivity index (χ1n) is 9.48. The van der Waals surface area contributed by atoms with Crippen molar-refractivity contribution < 1.29 is 27.5 Å². The number of pyridine rings is 1. The number of anilines is 1. The quantitative estimate of drug-likeness (QED) is 0.436. The summed E-state index contributed by atoms with van der Waals surface area (Å²) < 4.78 is 45.6. The minimum Gasteiger partial charge on any atom is -0.462 e. The fourth-order valence-corrected chi connectivity index (χ4v) is 3.48. The van der Waals surface area contributed by atoms with Gasteiger partial charge in [-0.15, -0.1) is 0 Å². The molecule has 0 spiro atoms. The molecule has 2 aromatic heterocycles. The summed E-state index contributed by atoms with van der Waals surface area (Å²) in [6, 6.07) is 14.9. The lowest BCUT2D eigenvalue weighted by atomic mass is 10.1. The molecule has 0 radical (unpaired) electrons. The molecule has 0 aliphatic heterocycles. The Morgan fingerprint density at radius 3 is 2.55 bits per heavy atom. The largest absolute Gasteiger partial charge is 0.462 e. The highest BCUT2D eigenvalue weighted by Gasteiger charge is 2.30. The predicted molar refractivity (Wildman–Crippen MR) is 110 cm³/mol. The molecule has 4 rings (SSSR count). The van der Waals surface area contributed by atoms with Gasteiger partial charge in [-0.1, -0.05) is 30.3 Å². The van der Waals surface area contributed by atoms with E-state index in [2.05, 4.69) is 5.32 Å². The number of ether oxygens (including phenoxy) is 1. The monoisotopic (exact) mass is 426 g/mol. The average molecular weight is 426 g/mol. The van der Waals surface area contributed by atoms with Crippen LogP contribution in [0.25, 0.3) is 16.3 Å². The lowest BCUT2D eigenvalue weighted by molar-refractivity contribution is -0.137. The molecule has 1 N–H and O–H groups in total. The second-order valence-corrected chi connectivity index (χ2v) is 6.82. The van der Waals surface area contributed by atoms with Crippen molar-refractivity contribution in [2.75, 3.05) is 11.9 Å². The molecule has 8 heteroatoms. The Hall–Kier alpha value is -3.81. The molecule has 0 aliphatic carbocycles. The fraction of sp³-hybridized carbons (Fsp3) is 0.130. The molecule has 4 aromatic rings. The van der Waals surface area contributed by atoms with Crippen molar-refractivity contribution in [3.8, 4) is 0 Å². The van der Waals surface area contributed by atoms with E-state index in [0.29, 0.717) is 5.52 Å². The Morgan fingerprint density at radius 2 is 1.81 bits per heavy atom. The topological polar surface area (TPSA) is 59.8 Å². The molecule has 0 saturated carbocycles. The van der Waals surface area contributed by atoms with Crippen molar-refractivity contribution in [2.24, 2.45) is 0 Å². The maximum Gasteiger partial charge on any atom is 0.416 e. The SMILES string of the molecule is CCOC(=O)c1cc(C(=O)Nc2cccc(C(F)(F)F)c2)n2ccc3ccccc3c12. The van der Waals surface area contributed by atoms with E-state index >= 15 is 0 Å². The van der Waals surface area contributed by atoms with Crippen LogP contribution in [0.5, 0.6) is 0 Å². The number of halogens is 3. The molecule has 0 aliphatic rings. The van der Waals surface area contributed by atoms with Crippen LogP contribution in [-0.4, -0.2) is 22.9 Å². The van der Waals surface area contributed by atoms with E-state index in [1.807, 2.05) is 24.3 Å². The van der Waals surface area contributed by atoms with E-state index in [0.717, 1.165) is 22.9 Å². The van der Waals surface area contributed by atoms with Gasteiger partial charge in [0, 0.05) is 17.3 Å². The summed E-state index contributed by atoms with van der Waals surface area (Å²) in [5.74, 6) is -1.24. The lowest BCUT2D eigenvalue weighted by Gasteiger charge is -2.10. The van der Waals surface area contributed by atoms with Gasteiger partial charge in [0.15, 0.2) is 0 Å². The summed E-state index contributed by atoms with van der Waals surface area (Å²) in [6.07, 6.45) is -2.89. The number of alkyl halides is 3. The highest BCUT2D eigenvalue weighted by Crippen LogP contribution is 2.31. The normalized spacial score (nSPS) is 11.6. The number of carbonyl (C=O) groups is 2. The summed E-state index contributed by atoms with van der Waals surface area (Å²) >= 11 is 0. The number of aromatic nitrogens is 1. The number of benzene rings is 2. The van der Waals surface area contributed by atoms with E-state index in [9.17, 15) is 22.8 Å². The number of nitrogens with one attached hydrogen (secondary N) is 1. The Kier molecular flexibility index (Phi) is 5.14. The molecule has 5 nitrogen and oxygen atoms in total. The first kappa shape index (κ1) is 20.5. The van der Waals surface area contributed by atoms with E-state index in [1.165, 1.54) is 22.6 Å². The van der Waals surface area contributed by atoms with E-state index in [-0.39, 0.29) is 23.6 Å². The Labute approximate surface area is 175 Å². The van der Waals surface area contributed by atoms with Gasteiger partial charge < -0.3 is 14.5 Å². The van der Waals surface area contributed by atoms with Crippen LogP contribution >= 0.6 is 0 Å². The van der Waals surface area contributed by atoms with Gasteiger partial charge in [-0.05, 0) is 42.6 Å². The summed E-state index contributed by atoms with van der Waals surface area (Å²) in [4.78, 5) is 25.5. The highest BCUT2D eigenvalue weighted by atomic mass is 19.4. The predicted octanol–water partition coefficient (Wildman–Crippen LogP) is 5.54. The number of carbonyl (C=O) groups excluding carboxylic acids is 2. The average Bonchev–Trinajstić information content (AvgIpc) is 3.14. The van der Waals surface area contributed by atoms with Gasteiger partial charge in [-0.3, -0.25) is 4.79 Å². The van der Waals surface area contributed by atoms with Crippen LogP contribution in [-0.2, 0) is 10.9 Å². The summed E-state index contributed by atoms with van der Waals surface area (Å²) in [7, 11) is 0. The molecule has 2 aromatic carbocycles. The molecule has 0 fully saturated rings. The van der Waals surface area contributed by atoms with Gasteiger partial charge in [0.25, 0.3) is 5.91 Å². The summed E-state index contributed by atoms with van der Waals surface area (Å²) in [5.41, 5.74) is -0.0865. The molecule has 2 heterocycles. The highest BCUT2D eigenvalue weighted by molar-refractivity contribution is 6.13. The van der Waals surface area contributed by atoms with Crippen LogP contribution in [0, 0.1) is 0 Å². The van der Waals surface area contributed by atoms with Crippen LogP contribution in [0.2, 0.25) is 0 Å². The van der Waals surface area contributed by atoms with Crippen molar-refractivity contribution in [1.29, 1.82) is 0 Å². The Morgan fingerprint density at radius 1 is 1.03 bits per heavy atom.